The van der Waals surface area contributed by atoms with Crippen LogP contribution in [0.3, 0.4) is 0 Å². The van der Waals surface area contributed by atoms with Gasteiger partial charge in [0.05, 0.1) is 10.2 Å². The van der Waals surface area contributed by atoms with Crippen LogP contribution >= 0.6 is 23.1 Å². The molecule has 2 N–H and O–H groups in total. The zero-order chi connectivity index (χ0) is 11.8. The van der Waals surface area contributed by atoms with Crippen LogP contribution in [0, 0.1) is 5.41 Å². The van der Waals surface area contributed by atoms with E-state index in [1.807, 2.05) is 18.2 Å². The van der Waals surface area contributed by atoms with Gasteiger partial charge in [-0.3, -0.25) is 9.96 Å². The summed E-state index contributed by atoms with van der Waals surface area (Å²) in [5.74, 6) is 0. The first kappa shape index (κ1) is 11.5. The van der Waals surface area contributed by atoms with Crippen LogP contribution in [-0.4, -0.2) is 22.3 Å². The highest BCUT2D eigenvalue weighted by molar-refractivity contribution is 8.34. The summed E-state index contributed by atoms with van der Waals surface area (Å²) in [6.45, 7) is 0. The van der Waals surface area contributed by atoms with Crippen molar-refractivity contribution in [1.29, 1.82) is 5.41 Å². The van der Waals surface area contributed by atoms with E-state index in [1.165, 1.54) is 11.3 Å². The van der Waals surface area contributed by atoms with Gasteiger partial charge < -0.3 is 0 Å². The summed E-state index contributed by atoms with van der Waals surface area (Å²) in [4.78, 5) is 4.13. The monoisotopic (exact) mass is 274 g/mol. The van der Waals surface area contributed by atoms with Gasteiger partial charge in [0.2, 0.25) is 4.38 Å². The maximum absolute atomic E-state index is 10.6. The molecule has 0 atom stereocenters. The second-order valence-corrected chi connectivity index (χ2v) is 6.72. The SMILES string of the molecule is N=C(Sc1nc2ccccc2s1)S(=O)(=O)O. The summed E-state index contributed by atoms with van der Waals surface area (Å²) >= 11 is 1.91. The Labute approximate surface area is 99.8 Å². The number of nitrogens with one attached hydrogen (secondary N) is 1. The zero-order valence-corrected chi connectivity index (χ0v) is 10.2. The van der Waals surface area contributed by atoms with Crippen LogP contribution in [-0.2, 0) is 10.1 Å². The smallest absolute Gasteiger partial charge is 0.281 e. The van der Waals surface area contributed by atoms with Gasteiger partial charge in [-0.2, -0.15) is 8.42 Å². The molecule has 0 unspecified atom stereocenters. The minimum atomic E-state index is -4.43. The first-order valence-electron chi connectivity index (χ1n) is 4.06. The number of nitrogens with zero attached hydrogens (tertiary/aromatic N) is 1. The van der Waals surface area contributed by atoms with E-state index in [9.17, 15) is 8.42 Å². The van der Waals surface area contributed by atoms with Crippen molar-refractivity contribution >= 4 is 47.8 Å². The maximum atomic E-state index is 10.6. The first-order valence-corrected chi connectivity index (χ1v) is 7.13. The Hall–Kier alpha value is -0.960. The zero-order valence-electron chi connectivity index (χ0n) is 7.75. The Kier molecular flexibility index (Phi) is 2.98. The molecular weight excluding hydrogens is 268 g/mol. The van der Waals surface area contributed by atoms with E-state index in [1.54, 1.807) is 6.07 Å². The molecule has 0 amide bonds. The fourth-order valence-corrected chi connectivity index (χ4v) is 3.53. The molecule has 8 heteroatoms. The number of rotatable bonds is 1. The van der Waals surface area contributed by atoms with Gasteiger partial charge in [0, 0.05) is 0 Å². The third-order valence-corrected chi connectivity index (χ3v) is 4.82. The molecule has 84 valence electrons. The van der Waals surface area contributed by atoms with Crippen molar-refractivity contribution in [2.24, 2.45) is 0 Å². The molecule has 0 spiro atoms. The van der Waals surface area contributed by atoms with E-state index < -0.39 is 14.5 Å². The van der Waals surface area contributed by atoms with Gasteiger partial charge in [-0.25, -0.2) is 4.98 Å². The van der Waals surface area contributed by atoms with E-state index in [-0.39, 0.29) is 0 Å². The third-order valence-electron chi connectivity index (χ3n) is 1.69. The molecule has 0 aliphatic rings. The van der Waals surface area contributed by atoms with Crippen LogP contribution in [0.25, 0.3) is 10.2 Å². The predicted octanol–water partition coefficient (Wildman–Crippen LogP) is 2.21. The number of hydrogen-bond donors (Lipinski definition) is 2. The van der Waals surface area contributed by atoms with Gasteiger partial charge in [-0.1, -0.05) is 12.1 Å². The molecule has 1 aromatic heterocycles. The number of para-hydroxylation sites is 1. The first-order chi connectivity index (χ1) is 7.47. The van der Waals surface area contributed by atoms with E-state index in [4.69, 9.17) is 9.96 Å². The summed E-state index contributed by atoms with van der Waals surface area (Å²) in [6, 6.07) is 7.33. The van der Waals surface area contributed by atoms with Crippen LogP contribution < -0.4 is 0 Å². The van der Waals surface area contributed by atoms with Crippen molar-refractivity contribution in [2.75, 3.05) is 0 Å². The van der Waals surface area contributed by atoms with E-state index in [2.05, 4.69) is 4.98 Å². The Balaban J connectivity index is 2.32. The average molecular weight is 274 g/mol. The molecule has 0 radical (unpaired) electrons. The number of thioether (sulfide) groups is 1. The van der Waals surface area contributed by atoms with Crippen LogP contribution in [0.4, 0.5) is 0 Å². The summed E-state index contributed by atoms with van der Waals surface area (Å²) in [5.41, 5.74) is 0.748. The van der Waals surface area contributed by atoms with E-state index in [0.29, 0.717) is 16.1 Å². The van der Waals surface area contributed by atoms with Gasteiger partial charge in [0.1, 0.15) is 0 Å². The van der Waals surface area contributed by atoms with Gasteiger partial charge >= 0.3 is 10.1 Å². The molecule has 0 bridgehead atoms. The second-order valence-electron chi connectivity index (χ2n) is 2.81. The van der Waals surface area contributed by atoms with Gasteiger partial charge in [-0.05, 0) is 23.9 Å². The quantitative estimate of drug-likeness (QED) is 0.360. The Morgan fingerprint density at radius 1 is 1.44 bits per heavy atom. The minimum Gasteiger partial charge on any atom is -0.281 e. The molecule has 0 saturated heterocycles. The number of aromatic nitrogens is 1. The normalized spacial score (nSPS) is 11.8. The van der Waals surface area contributed by atoms with Gasteiger partial charge in [-0.15, -0.1) is 11.3 Å². The highest BCUT2D eigenvalue weighted by Crippen LogP contribution is 2.30. The molecule has 0 aliphatic heterocycles. The lowest BCUT2D eigenvalue weighted by Crippen LogP contribution is -2.07. The van der Waals surface area contributed by atoms with Gasteiger partial charge in [0.15, 0.2) is 4.34 Å². The van der Waals surface area contributed by atoms with E-state index >= 15 is 0 Å². The lowest BCUT2D eigenvalue weighted by atomic mass is 10.3. The molecule has 16 heavy (non-hydrogen) atoms. The predicted molar refractivity (Wildman–Crippen MR) is 64.8 cm³/mol. The largest absolute Gasteiger partial charge is 0.318 e. The van der Waals surface area contributed by atoms with Crippen molar-refractivity contribution in [3.63, 3.8) is 0 Å². The average Bonchev–Trinajstić information content (AvgIpc) is 2.58. The van der Waals surface area contributed by atoms with Crippen molar-refractivity contribution in [1.82, 2.24) is 4.98 Å². The molecular formula is C8H6N2O3S3. The maximum Gasteiger partial charge on any atom is 0.318 e. The molecule has 0 aliphatic carbocycles. The number of thiazole rings is 1. The molecule has 2 rings (SSSR count). The minimum absolute atomic E-state index is 0.420. The molecule has 0 fully saturated rings. The van der Waals surface area contributed by atoms with Crippen molar-refractivity contribution in [3.05, 3.63) is 24.3 Å². The lowest BCUT2D eigenvalue weighted by Gasteiger charge is -1.94. The molecule has 1 aromatic carbocycles. The number of benzene rings is 1. The molecule has 0 saturated carbocycles. The molecule has 1 heterocycles. The highest BCUT2D eigenvalue weighted by Gasteiger charge is 2.17. The topological polar surface area (TPSA) is 91.1 Å². The summed E-state index contributed by atoms with van der Waals surface area (Å²) in [7, 11) is -4.43. The number of hydrogen-bond acceptors (Lipinski definition) is 6. The molecule has 5 nitrogen and oxygen atoms in total. The fraction of sp³-hybridized carbons (Fsp3) is 0. The lowest BCUT2D eigenvalue weighted by molar-refractivity contribution is 0.498. The summed E-state index contributed by atoms with van der Waals surface area (Å²) in [6.07, 6.45) is 0. The van der Waals surface area contributed by atoms with Crippen molar-refractivity contribution in [3.8, 4) is 0 Å². The Morgan fingerprint density at radius 3 is 2.75 bits per heavy atom. The van der Waals surface area contributed by atoms with Crippen LogP contribution in [0.15, 0.2) is 28.6 Å². The number of fused-ring (bicyclic) bond motifs is 1. The Bertz CT molecular complexity index is 614. The summed E-state index contributed by atoms with van der Waals surface area (Å²) < 4.78 is 30.4. The summed E-state index contributed by atoms with van der Waals surface area (Å²) in [5, 5.41) is 7.14. The second kappa shape index (κ2) is 4.13. The van der Waals surface area contributed by atoms with Crippen molar-refractivity contribution < 1.29 is 13.0 Å². The van der Waals surface area contributed by atoms with Crippen LogP contribution in [0.1, 0.15) is 0 Å². The third kappa shape index (κ3) is 2.40. The fourth-order valence-electron chi connectivity index (χ4n) is 1.03. The Morgan fingerprint density at radius 2 is 2.12 bits per heavy atom. The van der Waals surface area contributed by atoms with Crippen molar-refractivity contribution in [2.45, 2.75) is 4.34 Å². The van der Waals surface area contributed by atoms with Crippen LogP contribution in [0.5, 0.6) is 0 Å². The van der Waals surface area contributed by atoms with Gasteiger partial charge in [0.25, 0.3) is 0 Å². The van der Waals surface area contributed by atoms with E-state index in [0.717, 1.165) is 10.2 Å². The standard InChI is InChI=1S/C8H6N2O3S3/c9-7(16(11,12)13)15-8-10-5-3-1-2-4-6(5)14-8/h1-4,9H,(H,11,12,13). The van der Waals surface area contributed by atoms with Crippen LogP contribution in [0.2, 0.25) is 0 Å². The highest BCUT2D eigenvalue weighted by atomic mass is 32.3. The molecule has 2 aromatic rings.